The van der Waals surface area contributed by atoms with E-state index in [0.29, 0.717) is 25.9 Å². The number of aliphatic carboxylic acids is 1. The van der Waals surface area contributed by atoms with Crippen molar-refractivity contribution in [3.8, 4) is 5.75 Å². The molecule has 0 amide bonds. The average Bonchev–Trinajstić information content (AvgIpc) is 2.43. The summed E-state index contributed by atoms with van der Waals surface area (Å²) in [5.74, 6) is -0.0663. The zero-order valence-corrected chi connectivity index (χ0v) is 11.7. The highest BCUT2D eigenvalue weighted by atomic mass is 16.5. The van der Waals surface area contributed by atoms with Gasteiger partial charge in [-0.15, -0.1) is 0 Å². The van der Waals surface area contributed by atoms with Gasteiger partial charge in [-0.05, 0) is 37.3 Å². The number of nitrogens with two attached hydrogens (primary N) is 1. The van der Waals surface area contributed by atoms with Crippen molar-refractivity contribution in [1.82, 2.24) is 0 Å². The van der Waals surface area contributed by atoms with Crippen LogP contribution >= 0.6 is 0 Å². The van der Waals surface area contributed by atoms with Gasteiger partial charge in [0.15, 0.2) is 0 Å². The van der Waals surface area contributed by atoms with Gasteiger partial charge < -0.3 is 15.6 Å². The van der Waals surface area contributed by atoms with Crippen molar-refractivity contribution in [3.05, 3.63) is 29.8 Å². The Balaban J connectivity index is 2.45. The molecule has 1 rings (SSSR count). The number of aryl methyl sites for hydroxylation is 1. The van der Waals surface area contributed by atoms with E-state index in [2.05, 4.69) is 6.92 Å². The molecule has 0 aromatic heterocycles. The summed E-state index contributed by atoms with van der Waals surface area (Å²) in [5.41, 5.74) is 5.85. The molecule has 1 atom stereocenters. The van der Waals surface area contributed by atoms with E-state index in [4.69, 9.17) is 15.6 Å². The van der Waals surface area contributed by atoms with Crippen LogP contribution in [0.2, 0.25) is 0 Å². The number of benzene rings is 1. The highest BCUT2D eigenvalue weighted by molar-refractivity contribution is 5.78. The summed E-state index contributed by atoms with van der Waals surface area (Å²) in [7, 11) is 0. The van der Waals surface area contributed by atoms with Crippen molar-refractivity contribution in [3.63, 3.8) is 0 Å². The van der Waals surface area contributed by atoms with E-state index in [1.165, 1.54) is 0 Å². The number of carboxylic acids is 1. The maximum Gasteiger partial charge on any atom is 0.323 e. The summed E-state index contributed by atoms with van der Waals surface area (Å²) < 4.78 is 5.70. The van der Waals surface area contributed by atoms with Crippen LogP contribution in [0.5, 0.6) is 5.75 Å². The lowest BCUT2D eigenvalue weighted by atomic mass is 9.92. The van der Waals surface area contributed by atoms with Gasteiger partial charge in [0, 0.05) is 0 Å². The molecule has 0 aliphatic heterocycles. The third-order valence-electron chi connectivity index (χ3n) is 3.44. The van der Waals surface area contributed by atoms with Crippen LogP contribution in [0.25, 0.3) is 0 Å². The number of carboxylic acid groups (broad SMARTS) is 1. The smallest absolute Gasteiger partial charge is 0.323 e. The molecule has 0 fully saturated rings. The lowest BCUT2D eigenvalue weighted by molar-refractivity contribution is -0.143. The van der Waals surface area contributed by atoms with Crippen molar-refractivity contribution in [1.29, 1.82) is 0 Å². The van der Waals surface area contributed by atoms with Crippen molar-refractivity contribution in [2.24, 2.45) is 5.73 Å². The Morgan fingerprint density at radius 1 is 1.37 bits per heavy atom. The molecular formula is C15H23NO3. The summed E-state index contributed by atoms with van der Waals surface area (Å²) in [5, 5.41) is 9.07. The Morgan fingerprint density at radius 3 is 2.63 bits per heavy atom. The molecule has 0 spiro atoms. The van der Waals surface area contributed by atoms with Gasteiger partial charge in [-0.1, -0.05) is 32.0 Å². The Morgan fingerprint density at radius 2 is 2.05 bits per heavy atom. The number of rotatable bonds is 8. The summed E-state index contributed by atoms with van der Waals surface area (Å²) in [6, 6.07) is 7.89. The Hall–Kier alpha value is -1.55. The molecule has 0 aliphatic rings. The summed E-state index contributed by atoms with van der Waals surface area (Å²) in [6.07, 6.45) is 2.40. The van der Waals surface area contributed by atoms with Crippen LogP contribution in [0, 0.1) is 0 Å². The second kappa shape index (κ2) is 7.14. The molecule has 0 radical (unpaired) electrons. The molecule has 3 N–H and O–H groups in total. The summed E-state index contributed by atoms with van der Waals surface area (Å²) >= 11 is 0. The van der Waals surface area contributed by atoms with Crippen molar-refractivity contribution in [2.45, 2.75) is 45.1 Å². The molecular weight excluding hydrogens is 242 g/mol. The Kier molecular flexibility index (Phi) is 5.83. The normalized spacial score (nSPS) is 13.8. The maximum atomic E-state index is 11.1. The molecule has 0 saturated heterocycles. The highest BCUT2D eigenvalue weighted by Crippen LogP contribution is 2.20. The van der Waals surface area contributed by atoms with Crippen LogP contribution in [0.3, 0.4) is 0 Å². The number of hydrogen-bond acceptors (Lipinski definition) is 3. The molecule has 0 saturated carbocycles. The van der Waals surface area contributed by atoms with E-state index in [-0.39, 0.29) is 0 Å². The molecule has 1 unspecified atom stereocenters. The van der Waals surface area contributed by atoms with Gasteiger partial charge in [-0.3, -0.25) is 4.79 Å². The second-order valence-electron chi connectivity index (χ2n) is 4.73. The Labute approximate surface area is 114 Å². The van der Waals surface area contributed by atoms with Gasteiger partial charge >= 0.3 is 5.97 Å². The number of hydrogen-bond donors (Lipinski definition) is 2. The fourth-order valence-corrected chi connectivity index (χ4v) is 1.94. The van der Waals surface area contributed by atoms with Gasteiger partial charge in [-0.25, -0.2) is 0 Å². The van der Waals surface area contributed by atoms with E-state index in [1.54, 1.807) is 6.92 Å². The molecule has 0 aliphatic carbocycles. The molecule has 1 aromatic rings. The first kappa shape index (κ1) is 15.5. The van der Waals surface area contributed by atoms with Crippen LogP contribution in [-0.4, -0.2) is 23.2 Å². The summed E-state index contributed by atoms with van der Waals surface area (Å²) in [6.45, 7) is 4.36. The van der Waals surface area contributed by atoms with Crippen molar-refractivity contribution >= 4 is 5.97 Å². The highest BCUT2D eigenvalue weighted by Gasteiger charge is 2.30. The van der Waals surface area contributed by atoms with Gasteiger partial charge in [0.25, 0.3) is 0 Å². The topological polar surface area (TPSA) is 72.5 Å². The maximum absolute atomic E-state index is 11.1. The van der Waals surface area contributed by atoms with Gasteiger partial charge in [-0.2, -0.15) is 0 Å². The van der Waals surface area contributed by atoms with E-state index in [9.17, 15) is 4.79 Å². The SMILES string of the molecule is CCc1ccccc1OCCCC(N)(CC)C(=O)O. The van der Waals surface area contributed by atoms with E-state index < -0.39 is 11.5 Å². The zero-order valence-electron chi connectivity index (χ0n) is 11.7. The number of ether oxygens (including phenoxy) is 1. The zero-order chi connectivity index (χ0) is 14.3. The molecule has 0 heterocycles. The lowest BCUT2D eigenvalue weighted by Gasteiger charge is -2.22. The minimum Gasteiger partial charge on any atom is -0.493 e. The van der Waals surface area contributed by atoms with E-state index in [1.807, 2.05) is 24.3 Å². The summed E-state index contributed by atoms with van der Waals surface area (Å²) in [4.78, 5) is 11.1. The van der Waals surface area contributed by atoms with Crippen molar-refractivity contribution < 1.29 is 14.6 Å². The molecule has 0 bridgehead atoms. The number of carbonyl (C=O) groups is 1. The molecule has 1 aromatic carbocycles. The van der Waals surface area contributed by atoms with E-state index in [0.717, 1.165) is 17.7 Å². The van der Waals surface area contributed by atoms with Gasteiger partial charge in [0.05, 0.1) is 6.61 Å². The van der Waals surface area contributed by atoms with Gasteiger partial charge in [0.1, 0.15) is 11.3 Å². The van der Waals surface area contributed by atoms with Crippen LogP contribution in [0.4, 0.5) is 0 Å². The van der Waals surface area contributed by atoms with Crippen LogP contribution < -0.4 is 10.5 Å². The molecule has 106 valence electrons. The predicted octanol–water partition coefficient (Wildman–Crippen LogP) is 2.60. The number of para-hydroxylation sites is 1. The second-order valence-corrected chi connectivity index (χ2v) is 4.73. The third kappa shape index (κ3) is 4.24. The molecule has 4 nitrogen and oxygen atoms in total. The fraction of sp³-hybridized carbons (Fsp3) is 0.533. The quantitative estimate of drug-likeness (QED) is 0.709. The minimum absolute atomic E-state index is 0.424. The average molecular weight is 265 g/mol. The van der Waals surface area contributed by atoms with Crippen LogP contribution in [0.1, 0.15) is 38.7 Å². The first-order valence-electron chi connectivity index (χ1n) is 6.76. The first-order chi connectivity index (χ1) is 9.03. The lowest BCUT2D eigenvalue weighted by Crippen LogP contribution is -2.47. The van der Waals surface area contributed by atoms with E-state index >= 15 is 0 Å². The minimum atomic E-state index is -1.13. The molecule has 19 heavy (non-hydrogen) atoms. The standard InChI is InChI=1S/C15H23NO3/c1-3-12-8-5-6-9-13(12)19-11-7-10-15(16,4-2)14(17)18/h5-6,8-9H,3-4,7,10-11,16H2,1-2H3,(H,17,18). The van der Waals surface area contributed by atoms with Crippen molar-refractivity contribution in [2.75, 3.05) is 6.61 Å². The van der Waals surface area contributed by atoms with Crippen LogP contribution in [-0.2, 0) is 11.2 Å². The first-order valence-corrected chi connectivity index (χ1v) is 6.76. The molecule has 4 heteroatoms. The Bertz CT molecular complexity index is 420. The van der Waals surface area contributed by atoms with Crippen LogP contribution in [0.15, 0.2) is 24.3 Å². The van der Waals surface area contributed by atoms with Gasteiger partial charge in [0.2, 0.25) is 0 Å². The monoisotopic (exact) mass is 265 g/mol. The third-order valence-corrected chi connectivity index (χ3v) is 3.44. The largest absolute Gasteiger partial charge is 0.493 e. The fourth-order valence-electron chi connectivity index (χ4n) is 1.94. The predicted molar refractivity (Wildman–Crippen MR) is 75.4 cm³/mol.